The second-order valence-corrected chi connectivity index (χ2v) is 4.52. The lowest BCUT2D eigenvalue weighted by Gasteiger charge is -2.21. The molecule has 0 radical (unpaired) electrons. The lowest BCUT2D eigenvalue weighted by Crippen LogP contribution is -2.45. The number of rotatable bonds is 4. The van der Waals surface area contributed by atoms with Gasteiger partial charge >= 0.3 is 0 Å². The third-order valence-electron chi connectivity index (χ3n) is 3.47. The third kappa shape index (κ3) is 2.55. The molecular formula is C12H19N3O. The van der Waals surface area contributed by atoms with Crippen molar-refractivity contribution in [3.05, 3.63) is 0 Å². The predicted molar refractivity (Wildman–Crippen MR) is 62.8 cm³/mol. The number of carbonyl (C=O) groups excluding carboxylic acids is 1. The van der Waals surface area contributed by atoms with Gasteiger partial charge in [-0.1, -0.05) is 5.92 Å². The molecule has 2 unspecified atom stereocenters. The van der Waals surface area contributed by atoms with Gasteiger partial charge in [-0.3, -0.25) is 15.0 Å². The molecule has 2 N–H and O–H groups in total. The lowest BCUT2D eigenvalue weighted by atomic mass is 10.1. The van der Waals surface area contributed by atoms with E-state index in [-0.39, 0.29) is 5.91 Å². The molecule has 2 aliphatic heterocycles. The quantitative estimate of drug-likeness (QED) is 0.500. The number of amides is 1. The highest BCUT2D eigenvalue weighted by molar-refractivity contribution is 5.78. The summed E-state index contributed by atoms with van der Waals surface area (Å²) in [5.74, 6) is 2.52. The minimum Gasteiger partial charge on any atom is -0.351 e. The van der Waals surface area contributed by atoms with Gasteiger partial charge in [-0.2, -0.15) is 0 Å². The van der Waals surface area contributed by atoms with Gasteiger partial charge in [0, 0.05) is 18.6 Å². The number of hydrogen-bond donors (Lipinski definition) is 2. The van der Waals surface area contributed by atoms with Crippen molar-refractivity contribution >= 4 is 5.91 Å². The van der Waals surface area contributed by atoms with Crippen LogP contribution in [-0.2, 0) is 4.79 Å². The van der Waals surface area contributed by atoms with Crippen LogP contribution in [0.4, 0.5) is 0 Å². The molecule has 4 nitrogen and oxygen atoms in total. The van der Waals surface area contributed by atoms with Gasteiger partial charge in [0.05, 0.1) is 13.1 Å². The van der Waals surface area contributed by atoms with Gasteiger partial charge in [0.25, 0.3) is 0 Å². The fourth-order valence-corrected chi connectivity index (χ4v) is 2.76. The zero-order valence-electron chi connectivity index (χ0n) is 9.54. The Labute approximate surface area is 96.8 Å². The Bertz CT molecular complexity index is 297. The summed E-state index contributed by atoms with van der Waals surface area (Å²) < 4.78 is 0. The van der Waals surface area contributed by atoms with Crippen molar-refractivity contribution in [3.8, 4) is 12.3 Å². The summed E-state index contributed by atoms with van der Waals surface area (Å²) in [5.41, 5.74) is 0. The van der Waals surface area contributed by atoms with Crippen LogP contribution in [0.25, 0.3) is 0 Å². The van der Waals surface area contributed by atoms with Crippen molar-refractivity contribution in [2.75, 3.05) is 26.2 Å². The van der Waals surface area contributed by atoms with E-state index in [1.807, 2.05) is 0 Å². The van der Waals surface area contributed by atoms with Crippen LogP contribution < -0.4 is 10.6 Å². The molecule has 2 rings (SSSR count). The van der Waals surface area contributed by atoms with Crippen molar-refractivity contribution in [2.24, 2.45) is 0 Å². The van der Waals surface area contributed by atoms with Crippen LogP contribution in [0.5, 0.6) is 0 Å². The van der Waals surface area contributed by atoms with E-state index in [1.165, 1.54) is 19.4 Å². The molecule has 2 heterocycles. The highest BCUT2D eigenvalue weighted by atomic mass is 16.2. The average molecular weight is 221 g/mol. The Morgan fingerprint density at radius 2 is 2.31 bits per heavy atom. The summed E-state index contributed by atoms with van der Waals surface area (Å²) in [6.07, 6.45) is 8.68. The van der Waals surface area contributed by atoms with Crippen LogP contribution in [-0.4, -0.2) is 49.1 Å². The van der Waals surface area contributed by atoms with Crippen molar-refractivity contribution in [3.63, 3.8) is 0 Å². The lowest BCUT2D eigenvalue weighted by molar-refractivity contribution is -0.121. The molecule has 0 saturated carbocycles. The first-order chi connectivity index (χ1) is 7.81. The molecule has 2 fully saturated rings. The topological polar surface area (TPSA) is 44.4 Å². The Hall–Kier alpha value is -1.05. The van der Waals surface area contributed by atoms with Gasteiger partial charge in [-0.05, 0) is 25.8 Å². The van der Waals surface area contributed by atoms with Crippen molar-refractivity contribution < 1.29 is 4.79 Å². The Balaban J connectivity index is 1.73. The van der Waals surface area contributed by atoms with E-state index >= 15 is 0 Å². The van der Waals surface area contributed by atoms with E-state index in [0.29, 0.717) is 25.2 Å². The maximum atomic E-state index is 11.6. The van der Waals surface area contributed by atoms with Crippen LogP contribution in [0.2, 0.25) is 0 Å². The van der Waals surface area contributed by atoms with E-state index in [2.05, 4.69) is 21.5 Å². The molecule has 0 bridgehead atoms. The molecule has 0 aromatic rings. The van der Waals surface area contributed by atoms with Gasteiger partial charge in [0.2, 0.25) is 5.91 Å². The van der Waals surface area contributed by atoms with Crippen molar-refractivity contribution in [1.82, 2.24) is 15.5 Å². The Morgan fingerprint density at radius 1 is 1.44 bits per heavy atom. The highest BCUT2D eigenvalue weighted by Crippen LogP contribution is 2.27. The summed E-state index contributed by atoms with van der Waals surface area (Å²) in [6, 6.07) is 0.930. The first-order valence-electron chi connectivity index (χ1n) is 5.99. The fourth-order valence-electron chi connectivity index (χ4n) is 2.76. The molecule has 0 aromatic carbocycles. The van der Waals surface area contributed by atoms with Gasteiger partial charge < -0.3 is 5.32 Å². The van der Waals surface area contributed by atoms with Crippen molar-refractivity contribution in [1.29, 1.82) is 0 Å². The largest absolute Gasteiger partial charge is 0.351 e. The number of nitrogens with zero attached hydrogens (tertiary/aromatic N) is 1. The second kappa shape index (κ2) is 5.33. The summed E-state index contributed by atoms with van der Waals surface area (Å²) in [4.78, 5) is 14.1. The molecule has 4 heteroatoms. The number of terminal acetylenes is 1. The summed E-state index contributed by atoms with van der Waals surface area (Å²) >= 11 is 0. The van der Waals surface area contributed by atoms with Crippen LogP contribution in [0.15, 0.2) is 0 Å². The van der Waals surface area contributed by atoms with Crippen LogP contribution >= 0.6 is 0 Å². The Morgan fingerprint density at radius 3 is 3.12 bits per heavy atom. The van der Waals surface area contributed by atoms with E-state index in [0.717, 1.165) is 13.0 Å². The minimum atomic E-state index is 0.0639. The van der Waals surface area contributed by atoms with Crippen LogP contribution in [0.1, 0.15) is 19.3 Å². The minimum absolute atomic E-state index is 0.0639. The van der Waals surface area contributed by atoms with E-state index < -0.39 is 0 Å². The van der Waals surface area contributed by atoms with E-state index in [9.17, 15) is 4.79 Å². The molecule has 1 amide bonds. The monoisotopic (exact) mass is 221 g/mol. The molecule has 0 aromatic heterocycles. The molecule has 2 saturated heterocycles. The van der Waals surface area contributed by atoms with Crippen molar-refractivity contribution in [2.45, 2.75) is 31.3 Å². The molecule has 0 spiro atoms. The second-order valence-electron chi connectivity index (χ2n) is 4.52. The van der Waals surface area contributed by atoms with E-state index in [4.69, 9.17) is 6.42 Å². The molecule has 2 atom stereocenters. The summed E-state index contributed by atoms with van der Waals surface area (Å²) in [5, 5.41) is 6.00. The fraction of sp³-hybridized carbons (Fsp3) is 0.750. The molecular weight excluding hydrogens is 202 g/mol. The van der Waals surface area contributed by atoms with E-state index in [1.54, 1.807) is 0 Å². The van der Waals surface area contributed by atoms with Gasteiger partial charge in [-0.25, -0.2) is 0 Å². The molecule has 16 heavy (non-hydrogen) atoms. The van der Waals surface area contributed by atoms with Crippen LogP contribution in [0, 0.1) is 12.3 Å². The third-order valence-corrected chi connectivity index (χ3v) is 3.47. The predicted octanol–water partition coefficient (Wildman–Crippen LogP) is -0.438. The first-order valence-corrected chi connectivity index (χ1v) is 5.99. The summed E-state index contributed by atoms with van der Waals surface area (Å²) in [6.45, 7) is 3.11. The molecule has 2 aliphatic rings. The maximum Gasteiger partial charge on any atom is 0.234 e. The Kier molecular flexibility index (Phi) is 3.81. The molecule has 0 aliphatic carbocycles. The summed E-state index contributed by atoms with van der Waals surface area (Å²) in [7, 11) is 0. The zero-order chi connectivity index (χ0) is 11.4. The number of carbonyl (C=O) groups is 1. The normalized spacial score (nSPS) is 28.7. The van der Waals surface area contributed by atoms with Gasteiger partial charge in [0.15, 0.2) is 0 Å². The highest BCUT2D eigenvalue weighted by Gasteiger charge is 2.37. The van der Waals surface area contributed by atoms with Gasteiger partial charge in [0.1, 0.15) is 0 Å². The van der Waals surface area contributed by atoms with Crippen LogP contribution in [0.3, 0.4) is 0 Å². The smallest absolute Gasteiger partial charge is 0.234 e. The molecule has 88 valence electrons. The number of fused-ring (bicyclic) bond motifs is 1. The number of hydrogen-bond acceptors (Lipinski definition) is 3. The SMILES string of the molecule is C#CCNCC(=O)NC1CCN2CCCC12. The average Bonchev–Trinajstić information content (AvgIpc) is 2.83. The standard InChI is InChI=1S/C12H19N3O/c1-2-6-13-9-12(16)14-10-5-8-15-7-3-4-11(10)15/h1,10-11,13H,3-9H2,(H,14,16). The zero-order valence-corrected chi connectivity index (χ0v) is 9.54. The van der Waals surface area contributed by atoms with Gasteiger partial charge in [-0.15, -0.1) is 6.42 Å². The maximum absolute atomic E-state index is 11.6. The first kappa shape index (κ1) is 11.4. The number of nitrogens with one attached hydrogen (secondary N) is 2.